The first-order valence-corrected chi connectivity index (χ1v) is 4.30. The largest absolute Gasteiger partial charge is 0.384 e. The molecule has 0 unspecified atom stereocenters. The number of rotatable bonds is 2. The summed E-state index contributed by atoms with van der Waals surface area (Å²) in [6, 6.07) is 0. The second kappa shape index (κ2) is 5.24. The molecule has 6 heteroatoms. The van der Waals surface area contributed by atoms with Crippen LogP contribution >= 0.6 is 11.5 Å². The zero-order valence-electron chi connectivity index (χ0n) is 6.65. The Hall–Kier alpha value is -1.45. The number of nitrogens with one attached hydrogen (secondary N) is 1. The maximum absolute atomic E-state index is 11.1. The Labute approximate surface area is 79.0 Å². The molecule has 0 aliphatic rings. The molecule has 0 atom stereocenters. The van der Waals surface area contributed by atoms with E-state index in [1.54, 1.807) is 5.38 Å². The highest BCUT2D eigenvalue weighted by molar-refractivity contribution is 7.03. The molecule has 0 aromatic carbocycles. The van der Waals surface area contributed by atoms with Crippen molar-refractivity contribution < 1.29 is 9.90 Å². The highest BCUT2D eigenvalue weighted by Gasteiger charge is 2.05. The van der Waals surface area contributed by atoms with Crippen LogP contribution in [0, 0.1) is 11.8 Å². The zero-order chi connectivity index (χ0) is 9.52. The molecule has 0 saturated heterocycles. The van der Waals surface area contributed by atoms with Gasteiger partial charge in [0.2, 0.25) is 0 Å². The van der Waals surface area contributed by atoms with Crippen molar-refractivity contribution in [2.45, 2.75) is 0 Å². The number of carbonyl (C=O) groups is 1. The second-order valence-corrected chi connectivity index (χ2v) is 2.59. The van der Waals surface area contributed by atoms with E-state index in [0.29, 0.717) is 0 Å². The molecule has 0 radical (unpaired) electrons. The molecule has 1 rings (SSSR count). The standard InChI is InChI=1S/C7H7N3O2S/c11-4-2-1-3-8-7(12)6-5-13-10-9-6/h5,11H,3-4H2,(H,8,12). The van der Waals surface area contributed by atoms with Gasteiger partial charge in [0.15, 0.2) is 5.69 Å². The lowest BCUT2D eigenvalue weighted by Crippen LogP contribution is -2.23. The average Bonchev–Trinajstić information content (AvgIpc) is 2.65. The van der Waals surface area contributed by atoms with Gasteiger partial charge in [-0.25, -0.2) is 0 Å². The fraction of sp³-hybridized carbons (Fsp3) is 0.286. The molecule has 0 spiro atoms. The summed E-state index contributed by atoms with van der Waals surface area (Å²) in [5.74, 6) is 4.65. The first kappa shape index (κ1) is 9.64. The molecule has 0 saturated carbocycles. The predicted octanol–water partition coefficient (Wildman–Crippen LogP) is -0.736. The van der Waals surface area contributed by atoms with Crippen LogP contribution in [0.3, 0.4) is 0 Å². The molecule has 0 aliphatic heterocycles. The third kappa shape index (κ3) is 3.19. The van der Waals surface area contributed by atoms with Crippen molar-refractivity contribution in [1.29, 1.82) is 0 Å². The molecule has 0 aliphatic carbocycles. The molecule has 2 N–H and O–H groups in total. The summed E-state index contributed by atoms with van der Waals surface area (Å²) < 4.78 is 3.54. The zero-order valence-corrected chi connectivity index (χ0v) is 7.47. The summed E-state index contributed by atoms with van der Waals surface area (Å²) in [4.78, 5) is 11.1. The van der Waals surface area contributed by atoms with Gasteiger partial charge in [0.25, 0.3) is 5.91 Å². The fourth-order valence-corrected chi connectivity index (χ4v) is 1.03. The van der Waals surface area contributed by atoms with Crippen molar-refractivity contribution in [3.05, 3.63) is 11.1 Å². The van der Waals surface area contributed by atoms with Gasteiger partial charge in [0.05, 0.1) is 6.54 Å². The van der Waals surface area contributed by atoms with E-state index in [-0.39, 0.29) is 24.8 Å². The van der Waals surface area contributed by atoms with Crippen molar-refractivity contribution in [2.24, 2.45) is 0 Å². The number of aliphatic hydroxyl groups is 1. The Morgan fingerprint density at radius 1 is 1.69 bits per heavy atom. The Kier molecular flexibility index (Phi) is 3.88. The van der Waals surface area contributed by atoms with Gasteiger partial charge < -0.3 is 10.4 Å². The van der Waals surface area contributed by atoms with E-state index in [4.69, 9.17) is 5.11 Å². The molecule has 1 aromatic heterocycles. The topological polar surface area (TPSA) is 75.1 Å². The van der Waals surface area contributed by atoms with E-state index in [1.807, 2.05) is 0 Å². The summed E-state index contributed by atoms with van der Waals surface area (Å²) in [7, 11) is 0. The first-order chi connectivity index (χ1) is 6.34. The third-order valence-electron chi connectivity index (χ3n) is 1.13. The minimum Gasteiger partial charge on any atom is -0.384 e. The molecule has 1 heterocycles. The highest BCUT2D eigenvalue weighted by atomic mass is 32.1. The van der Waals surface area contributed by atoms with Crippen molar-refractivity contribution in [1.82, 2.24) is 14.9 Å². The number of aromatic nitrogens is 2. The normalized spacial score (nSPS) is 8.69. The van der Waals surface area contributed by atoms with Crippen molar-refractivity contribution >= 4 is 17.4 Å². The maximum atomic E-state index is 11.1. The van der Waals surface area contributed by atoms with Gasteiger partial charge in [0, 0.05) is 5.38 Å². The molecule has 0 fully saturated rings. The lowest BCUT2D eigenvalue weighted by molar-refractivity contribution is 0.0953. The van der Waals surface area contributed by atoms with Gasteiger partial charge in [0.1, 0.15) is 6.61 Å². The number of nitrogens with zero attached hydrogens (tertiary/aromatic N) is 2. The van der Waals surface area contributed by atoms with E-state index >= 15 is 0 Å². The summed E-state index contributed by atoms with van der Waals surface area (Å²) in [6.45, 7) is 0.00501. The van der Waals surface area contributed by atoms with Gasteiger partial charge in [-0.3, -0.25) is 4.79 Å². The molecule has 68 valence electrons. The second-order valence-electron chi connectivity index (χ2n) is 1.98. The van der Waals surface area contributed by atoms with Crippen LogP contribution in [0.5, 0.6) is 0 Å². The van der Waals surface area contributed by atoms with Crippen LogP contribution in [-0.4, -0.2) is 33.8 Å². The number of carbonyl (C=O) groups excluding carboxylic acids is 1. The van der Waals surface area contributed by atoms with E-state index < -0.39 is 0 Å². The Balaban J connectivity index is 2.35. The quantitative estimate of drug-likeness (QED) is 0.612. The number of aliphatic hydroxyl groups excluding tert-OH is 1. The molecule has 13 heavy (non-hydrogen) atoms. The van der Waals surface area contributed by atoms with Gasteiger partial charge in [-0.15, -0.1) is 5.10 Å². The number of hydrogen-bond donors (Lipinski definition) is 2. The van der Waals surface area contributed by atoms with Crippen LogP contribution in [0.2, 0.25) is 0 Å². The van der Waals surface area contributed by atoms with Crippen molar-refractivity contribution in [3.8, 4) is 11.8 Å². The molecule has 1 amide bonds. The highest BCUT2D eigenvalue weighted by Crippen LogP contribution is 1.95. The van der Waals surface area contributed by atoms with Gasteiger partial charge in [-0.1, -0.05) is 16.3 Å². The van der Waals surface area contributed by atoms with Crippen LogP contribution in [0.15, 0.2) is 5.38 Å². The lowest BCUT2D eigenvalue weighted by atomic mass is 10.4. The van der Waals surface area contributed by atoms with Crippen molar-refractivity contribution in [2.75, 3.05) is 13.2 Å². The summed E-state index contributed by atoms with van der Waals surface area (Å²) in [5.41, 5.74) is 0.288. The molecular formula is C7H7N3O2S. The maximum Gasteiger partial charge on any atom is 0.273 e. The van der Waals surface area contributed by atoms with Crippen LogP contribution in [-0.2, 0) is 0 Å². The molecule has 0 bridgehead atoms. The average molecular weight is 197 g/mol. The van der Waals surface area contributed by atoms with E-state index in [9.17, 15) is 4.79 Å². The molecular weight excluding hydrogens is 190 g/mol. The Bertz CT molecular complexity index is 325. The molecule has 1 aromatic rings. The lowest BCUT2D eigenvalue weighted by Gasteiger charge is -1.94. The predicted molar refractivity (Wildman–Crippen MR) is 47.1 cm³/mol. The van der Waals surface area contributed by atoms with E-state index in [1.165, 1.54) is 0 Å². The number of amides is 1. The summed E-state index contributed by atoms with van der Waals surface area (Å²) >= 11 is 1.11. The smallest absolute Gasteiger partial charge is 0.273 e. The Morgan fingerprint density at radius 2 is 2.54 bits per heavy atom. The summed E-state index contributed by atoms with van der Waals surface area (Å²) in [5, 5.41) is 15.9. The monoisotopic (exact) mass is 197 g/mol. The van der Waals surface area contributed by atoms with Crippen molar-refractivity contribution in [3.63, 3.8) is 0 Å². The summed E-state index contributed by atoms with van der Waals surface area (Å²) in [6.07, 6.45) is 0. The van der Waals surface area contributed by atoms with E-state index in [2.05, 4.69) is 26.7 Å². The molecule has 5 nitrogen and oxygen atoms in total. The minimum absolute atomic E-state index is 0.200. The van der Waals surface area contributed by atoms with Gasteiger partial charge in [-0.05, 0) is 11.5 Å². The van der Waals surface area contributed by atoms with Crippen LogP contribution in [0.1, 0.15) is 10.5 Å². The fourth-order valence-electron chi connectivity index (χ4n) is 0.597. The van der Waals surface area contributed by atoms with Crippen LogP contribution in [0.25, 0.3) is 0 Å². The van der Waals surface area contributed by atoms with Crippen LogP contribution in [0.4, 0.5) is 0 Å². The minimum atomic E-state index is -0.305. The van der Waals surface area contributed by atoms with Gasteiger partial charge >= 0.3 is 0 Å². The first-order valence-electron chi connectivity index (χ1n) is 3.46. The Morgan fingerprint density at radius 3 is 3.15 bits per heavy atom. The van der Waals surface area contributed by atoms with Crippen LogP contribution < -0.4 is 5.32 Å². The SMILES string of the molecule is O=C(NCC#CCO)c1csnn1. The third-order valence-corrected chi connectivity index (χ3v) is 1.64. The number of hydrogen-bond acceptors (Lipinski definition) is 5. The van der Waals surface area contributed by atoms with E-state index in [0.717, 1.165) is 11.5 Å². The van der Waals surface area contributed by atoms with Gasteiger partial charge in [-0.2, -0.15) is 0 Å².